The first kappa shape index (κ1) is 6.85. The average molecular weight is 145 g/mol. The van der Waals surface area contributed by atoms with Crippen LogP contribution >= 0.6 is 0 Å². The summed E-state index contributed by atoms with van der Waals surface area (Å²) in [6.45, 7) is -0.0509. The van der Waals surface area contributed by atoms with E-state index in [0.29, 0.717) is 0 Å². The van der Waals surface area contributed by atoms with Crippen LogP contribution in [0.4, 0.5) is 4.79 Å². The number of carboxylic acids is 1. The molecule has 0 aromatic carbocycles. The Labute approximate surface area is 57.2 Å². The van der Waals surface area contributed by atoms with Crippen LogP contribution in [-0.2, 0) is 9.53 Å². The van der Waals surface area contributed by atoms with Crippen LogP contribution in [0.1, 0.15) is 0 Å². The van der Waals surface area contributed by atoms with E-state index in [2.05, 4.69) is 4.74 Å². The maximum absolute atomic E-state index is 10.5. The zero-order chi connectivity index (χ0) is 7.72. The van der Waals surface area contributed by atoms with Gasteiger partial charge in [0.1, 0.15) is 6.61 Å². The summed E-state index contributed by atoms with van der Waals surface area (Å²) in [5.41, 5.74) is 0. The summed E-state index contributed by atoms with van der Waals surface area (Å²) in [5, 5.41) is 8.43. The number of amides is 1. The van der Waals surface area contributed by atoms with Gasteiger partial charge in [-0.1, -0.05) is 0 Å². The Morgan fingerprint density at radius 3 is 2.70 bits per heavy atom. The van der Waals surface area contributed by atoms with Crippen LogP contribution in [0.15, 0.2) is 0 Å². The summed E-state index contributed by atoms with van der Waals surface area (Å²) < 4.78 is 4.45. The highest BCUT2D eigenvalue weighted by molar-refractivity contribution is 5.82. The van der Waals surface area contributed by atoms with E-state index in [1.165, 1.54) is 7.05 Å². The Bertz CT molecular complexity index is 178. The molecule has 1 N–H and O–H groups in total. The first-order chi connectivity index (χ1) is 4.63. The average Bonchev–Trinajstić information content (AvgIpc) is 2.14. The molecule has 5 nitrogen and oxygen atoms in total. The summed E-state index contributed by atoms with van der Waals surface area (Å²) in [5.74, 6) is -1.03. The predicted octanol–water partition coefficient (Wildman–Crippen LogP) is -0.478. The Kier molecular flexibility index (Phi) is 1.48. The smallest absolute Gasteiger partial charge is 0.410 e. The predicted molar refractivity (Wildman–Crippen MR) is 30.5 cm³/mol. The maximum atomic E-state index is 10.5. The van der Waals surface area contributed by atoms with Crippen molar-refractivity contribution in [1.29, 1.82) is 0 Å². The number of carbonyl (C=O) groups is 2. The second kappa shape index (κ2) is 2.17. The lowest BCUT2D eigenvalue weighted by Gasteiger charge is -2.09. The van der Waals surface area contributed by atoms with Gasteiger partial charge in [-0.25, -0.2) is 9.59 Å². The van der Waals surface area contributed by atoms with E-state index >= 15 is 0 Å². The molecule has 0 aromatic heterocycles. The molecule has 0 spiro atoms. The van der Waals surface area contributed by atoms with Gasteiger partial charge in [0, 0.05) is 7.05 Å². The molecule has 1 aliphatic heterocycles. The van der Waals surface area contributed by atoms with E-state index in [-0.39, 0.29) is 6.61 Å². The number of likely N-dealkylation sites (N-methyl/N-ethyl adjacent to an activating group) is 1. The molecule has 0 unspecified atom stereocenters. The number of ether oxygens (including phenoxy) is 1. The number of rotatable bonds is 1. The van der Waals surface area contributed by atoms with E-state index in [1.807, 2.05) is 0 Å². The molecule has 0 radical (unpaired) electrons. The molecule has 5 heteroatoms. The van der Waals surface area contributed by atoms with Crippen molar-refractivity contribution in [3.05, 3.63) is 0 Å². The molecule has 1 fully saturated rings. The highest BCUT2D eigenvalue weighted by Gasteiger charge is 2.34. The van der Waals surface area contributed by atoms with Gasteiger partial charge in [-0.3, -0.25) is 4.90 Å². The molecule has 0 bridgehead atoms. The number of cyclic esters (lactones) is 1. The van der Waals surface area contributed by atoms with Crippen LogP contribution in [0.3, 0.4) is 0 Å². The van der Waals surface area contributed by atoms with Crippen LogP contribution in [0.25, 0.3) is 0 Å². The van der Waals surface area contributed by atoms with Gasteiger partial charge >= 0.3 is 12.1 Å². The summed E-state index contributed by atoms with van der Waals surface area (Å²) >= 11 is 0. The summed E-state index contributed by atoms with van der Waals surface area (Å²) in [6, 6.07) is -0.813. The lowest BCUT2D eigenvalue weighted by atomic mass is 10.3. The van der Waals surface area contributed by atoms with E-state index in [9.17, 15) is 9.59 Å². The lowest BCUT2D eigenvalue weighted by Crippen LogP contribution is -2.36. The van der Waals surface area contributed by atoms with Gasteiger partial charge in [-0.05, 0) is 0 Å². The van der Waals surface area contributed by atoms with Crippen LogP contribution in [-0.4, -0.2) is 41.8 Å². The van der Waals surface area contributed by atoms with E-state index < -0.39 is 18.1 Å². The van der Waals surface area contributed by atoms with Gasteiger partial charge in [0.25, 0.3) is 0 Å². The quantitative estimate of drug-likeness (QED) is 0.541. The summed E-state index contributed by atoms with van der Waals surface area (Å²) in [7, 11) is 1.40. The molecular weight excluding hydrogens is 138 g/mol. The minimum atomic E-state index is -1.03. The van der Waals surface area contributed by atoms with Crippen LogP contribution < -0.4 is 0 Å². The molecule has 0 aliphatic carbocycles. The van der Waals surface area contributed by atoms with Crippen molar-refractivity contribution in [3.8, 4) is 0 Å². The Morgan fingerprint density at radius 1 is 1.90 bits per heavy atom. The van der Waals surface area contributed by atoms with Gasteiger partial charge < -0.3 is 9.84 Å². The monoisotopic (exact) mass is 145 g/mol. The summed E-state index contributed by atoms with van der Waals surface area (Å²) in [6.07, 6.45) is -0.576. The molecule has 1 atom stereocenters. The number of carboxylic acid groups (broad SMARTS) is 1. The van der Waals surface area contributed by atoms with Crippen LogP contribution in [0, 0.1) is 0 Å². The molecule has 0 aromatic rings. The SMILES string of the molecule is CN1C(=O)OC[C@H]1C(=O)O. The largest absolute Gasteiger partial charge is 0.480 e. The third kappa shape index (κ3) is 0.896. The molecule has 1 heterocycles. The van der Waals surface area contributed by atoms with Gasteiger partial charge in [-0.15, -0.1) is 0 Å². The fourth-order valence-electron chi connectivity index (χ4n) is 0.728. The standard InChI is InChI=1S/C5H7NO4/c1-6-3(4(7)8)2-10-5(6)9/h3H,2H2,1H3,(H,7,8)/t3-/m0/s1. The number of hydrogen-bond acceptors (Lipinski definition) is 3. The summed E-state index contributed by atoms with van der Waals surface area (Å²) in [4.78, 5) is 21.9. The Hall–Kier alpha value is -1.26. The van der Waals surface area contributed by atoms with Crippen molar-refractivity contribution in [3.63, 3.8) is 0 Å². The van der Waals surface area contributed by atoms with Crippen molar-refractivity contribution in [1.82, 2.24) is 4.90 Å². The van der Waals surface area contributed by atoms with E-state index in [0.717, 1.165) is 4.90 Å². The molecular formula is C5H7NO4. The fraction of sp³-hybridized carbons (Fsp3) is 0.600. The van der Waals surface area contributed by atoms with Crippen molar-refractivity contribution in [2.45, 2.75) is 6.04 Å². The number of aliphatic carboxylic acids is 1. The number of nitrogens with zero attached hydrogens (tertiary/aromatic N) is 1. The first-order valence-corrected chi connectivity index (χ1v) is 2.75. The van der Waals surface area contributed by atoms with Crippen molar-refractivity contribution in [2.24, 2.45) is 0 Å². The molecule has 0 saturated carbocycles. The maximum Gasteiger partial charge on any atom is 0.410 e. The van der Waals surface area contributed by atoms with Crippen molar-refractivity contribution < 1.29 is 19.4 Å². The zero-order valence-corrected chi connectivity index (χ0v) is 5.40. The van der Waals surface area contributed by atoms with Gasteiger partial charge in [0.15, 0.2) is 6.04 Å². The minimum absolute atomic E-state index is 0.0509. The third-order valence-corrected chi connectivity index (χ3v) is 1.41. The van der Waals surface area contributed by atoms with Gasteiger partial charge in [0.05, 0.1) is 0 Å². The molecule has 1 amide bonds. The molecule has 1 rings (SSSR count). The fourth-order valence-corrected chi connectivity index (χ4v) is 0.728. The van der Waals surface area contributed by atoms with Crippen molar-refractivity contribution >= 4 is 12.1 Å². The Balaban J connectivity index is 2.66. The van der Waals surface area contributed by atoms with Crippen LogP contribution in [0.5, 0.6) is 0 Å². The topological polar surface area (TPSA) is 66.8 Å². The van der Waals surface area contributed by atoms with Gasteiger partial charge in [0.2, 0.25) is 0 Å². The highest BCUT2D eigenvalue weighted by atomic mass is 16.6. The highest BCUT2D eigenvalue weighted by Crippen LogP contribution is 2.08. The zero-order valence-electron chi connectivity index (χ0n) is 5.40. The Morgan fingerprint density at radius 2 is 2.50 bits per heavy atom. The van der Waals surface area contributed by atoms with Gasteiger partial charge in [-0.2, -0.15) is 0 Å². The normalized spacial score (nSPS) is 24.7. The van der Waals surface area contributed by atoms with Crippen LogP contribution in [0.2, 0.25) is 0 Å². The minimum Gasteiger partial charge on any atom is -0.480 e. The number of hydrogen-bond donors (Lipinski definition) is 1. The van der Waals surface area contributed by atoms with E-state index in [4.69, 9.17) is 5.11 Å². The lowest BCUT2D eigenvalue weighted by molar-refractivity contribution is -0.141. The molecule has 10 heavy (non-hydrogen) atoms. The second-order valence-electron chi connectivity index (χ2n) is 2.04. The second-order valence-corrected chi connectivity index (χ2v) is 2.04. The van der Waals surface area contributed by atoms with Crippen molar-refractivity contribution in [2.75, 3.05) is 13.7 Å². The molecule has 1 saturated heterocycles. The molecule has 56 valence electrons. The molecule has 1 aliphatic rings. The third-order valence-electron chi connectivity index (χ3n) is 1.41. The first-order valence-electron chi connectivity index (χ1n) is 2.75. The number of carbonyl (C=O) groups excluding carboxylic acids is 1. The van der Waals surface area contributed by atoms with E-state index in [1.54, 1.807) is 0 Å².